The second kappa shape index (κ2) is 15.4. The molecule has 1 unspecified atom stereocenters. The number of hydrogen-bond acceptors (Lipinski definition) is 8. The third-order valence-electron chi connectivity index (χ3n) is 9.75. The van der Waals surface area contributed by atoms with Crippen LogP contribution in [0.25, 0.3) is 57.5 Å². The van der Waals surface area contributed by atoms with Crippen LogP contribution in [0.1, 0.15) is 44.4 Å². The van der Waals surface area contributed by atoms with E-state index in [1.807, 2.05) is 29.1 Å². The van der Waals surface area contributed by atoms with Crippen LogP contribution in [-0.2, 0) is 11.3 Å². The number of aliphatic carboxylic acids is 1. The van der Waals surface area contributed by atoms with Gasteiger partial charge < -0.3 is 10.0 Å². The van der Waals surface area contributed by atoms with Crippen LogP contribution in [0.3, 0.4) is 0 Å². The van der Waals surface area contributed by atoms with Crippen molar-refractivity contribution in [2.24, 2.45) is 5.92 Å². The minimum absolute atomic E-state index is 0.281. The van der Waals surface area contributed by atoms with E-state index in [1.54, 1.807) is 28.7 Å². The zero-order valence-electron chi connectivity index (χ0n) is 29.9. The minimum atomic E-state index is -1.23. The molecule has 0 saturated carbocycles. The fourth-order valence-electron chi connectivity index (χ4n) is 6.90. The van der Waals surface area contributed by atoms with E-state index in [4.69, 9.17) is 10.2 Å². The van der Waals surface area contributed by atoms with Crippen molar-refractivity contribution in [3.05, 3.63) is 120 Å². The fraction of sp³-hybridized carbons (Fsp3) is 0.182. The molecule has 10 heteroatoms. The predicted octanol–water partition coefficient (Wildman–Crippen LogP) is 12.9. The molecule has 4 aromatic carbocycles. The van der Waals surface area contributed by atoms with Crippen molar-refractivity contribution >= 4 is 94.3 Å². The number of thiophene rings is 3. The Kier molecular flexibility index (Phi) is 10.1. The Balaban J connectivity index is 1.23. The van der Waals surface area contributed by atoms with Crippen LogP contribution in [0.15, 0.2) is 115 Å². The number of para-hydroxylation sites is 2. The van der Waals surface area contributed by atoms with Crippen molar-refractivity contribution in [2.45, 2.75) is 46.1 Å². The summed E-state index contributed by atoms with van der Waals surface area (Å²) in [5.74, 6) is -0.713. The largest absolute Gasteiger partial charge is 0.477 e. The number of hydrogen-bond donors (Lipinski definition) is 1. The van der Waals surface area contributed by atoms with E-state index >= 15 is 0 Å². The highest BCUT2D eigenvalue weighted by atomic mass is 32.1. The van der Waals surface area contributed by atoms with Crippen LogP contribution < -0.4 is 4.90 Å². The second-order valence-electron chi connectivity index (χ2n) is 13.3. The molecule has 0 bridgehead atoms. The highest BCUT2D eigenvalue weighted by Gasteiger charge is 2.22. The number of anilines is 3. The van der Waals surface area contributed by atoms with E-state index in [2.05, 4.69) is 104 Å². The molecule has 4 aromatic heterocycles. The summed E-state index contributed by atoms with van der Waals surface area (Å²) in [6.45, 7) is 5.27. The van der Waals surface area contributed by atoms with Crippen LogP contribution in [0.5, 0.6) is 0 Å². The van der Waals surface area contributed by atoms with E-state index in [9.17, 15) is 15.2 Å². The lowest BCUT2D eigenvalue weighted by molar-refractivity contribution is -0.132. The molecular formula is C44H37N5O2S3. The summed E-state index contributed by atoms with van der Waals surface area (Å²) < 4.78 is 2.35. The molecular weight excluding hydrogens is 727 g/mol. The normalized spacial score (nSPS) is 12.4. The molecule has 1 atom stereocenters. The fourth-order valence-corrected chi connectivity index (χ4v) is 10.4. The van der Waals surface area contributed by atoms with Crippen LogP contribution in [0.4, 0.5) is 17.1 Å². The van der Waals surface area contributed by atoms with E-state index in [0.29, 0.717) is 5.92 Å². The number of carbonyl (C=O) groups is 1. The van der Waals surface area contributed by atoms with E-state index in [0.717, 1.165) is 83.3 Å². The molecule has 0 aliphatic rings. The van der Waals surface area contributed by atoms with Gasteiger partial charge in [0.1, 0.15) is 22.7 Å². The van der Waals surface area contributed by atoms with Gasteiger partial charge in [0.2, 0.25) is 0 Å². The molecule has 0 fully saturated rings. The number of carboxylic acids is 1. The van der Waals surface area contributed by atoms with E-state index < -0.39 is 5.97 Å². The first-order valence-corrected chi connectivity index (χ1v) is 20.6. The highest BCUT2D eigenvalue weighted by Crippen LogP contribution is 2.48. The number of unbranched alkanes of at least 4 members (excludes halogenated alkanes) is 1. The van der Waals surface area contributed by atoms with Gasteiger partial charge in [-0.3, -0.25) is 0 Å². The number of nitrogens with zero attached hydrogens (tertiary/aromatic N) is 5. The van der Waals surface area contributed by atoms with Crippen molar-refractivity contribution in [3.63, 3.8) is 0 Å². The van der Waals surface area contributed by atoms with Gasteiger partial charge in [0, 0.05) is 47.3 Å². The molecule has 4 heterocycles. The average molecular weight is 764 g/mol. The van der Waals surface area contributed by atoms with Gasteiger partial charge in [-0.05, 0) is 84.6 Å². The Morgan fingerprint density at radius 3 is 1.96 bits per heavy atom. The smallest absolute Gasteiger partial charge is 0.346 e. The van der Waals surface area contributed by atoms with Gasteiger partial charge >= 0.3 is 5.97 Å². The lowest BCUT2D eigenvalue weighted by Gasteiger charge is -2.25. The molecule has 0 aliphatic heterocycles. The molecule has 0 spiro atoms. The zero-order valence-corrected chi connectivity index (χ0v) is 32.3. The van der Waals surface area contributed by atoms with Gasteiger partial charge in [0.05, 0.1) is 15.9 Å². The Morgan fingerprint density at radius 2 is 1.39 bits per heavy atom. The van der Waals surface area contributed by atoms with Gasteiger partial charge in [0.15, 0.2) is 0 Å². The van der Waals surface area contributed by atoms with Gasteiger partial charge in [0.25, 0.3) is 0 Å². The molecule has 0 saturated heterocycles. The third kappa shape index (κ3) is 6.94. The van der Waals surface area contributed by atoms with Crippen molar-refractivity contribution in [3.8, 4) is 26.3 Å². The zero-order chi connectivity index (χ0) is 37.2. The topological polar surface area (TPSA) is 95.0 Å². The van der Waals surface area contributed by atoms with E-state index in [-0.39, 0.29) is 5.57 Å². The van der Waals surface area contributed by atoms with Gasteiger partial charge in [-0.1, -0.05) is 81.6 Å². The molecule has 1 N–H and O–H groups in total. The van der Waals surface area contributed by atoms with Gasteiger partial charge in [-0.25, -0.2) is 4.79 Å². The molecule has 8 rings (SSSR count). The lowest BCUT2D eigenvalue weighted by Crippen LogP contribution is -2.12. The second-order valence-corrected chi connectivity index (χ2v) is 16.5. The summed E-state index contributed by atoms with van der Waals surface area (Å²) in [5, 5.41) is 31.2. The number of fused-ring (bicyclic) bond motifs is 6. The summed E-state index contributed by atoms with van der Waals surface area (Å²) in [6, 6.07) is 39.8. The minimum Gasteiger partial charge on any atom is -0.477 e. The van der Waals surface area contributed by atoms with Crippen LogP contribution in [0, 0.1) is 17.2 Å². The van der Waals surface area contributed by atoms with Crippen molar-refractivity contribution in [2.75, 3.05) is 4.90 Å². The van der Waals surface area contributed by atoms with Crippen LogP contribution >= 0.6 is 34.0 Å². The number of carboxylic acid groups (broad SMARTS) is 1. The Morgan fingerprint density at radius 1 is 0.796 bits per heavy atom. The highest BCUT2D eigenvalue weighted by molar-refractivity contribution is 7.31. The Hall–Kier alpha value is -5.60. The number of benzene rings is 4. The first-order valence-electron chi connectivity index (χ1n) is 18.1. The number of nitriles is 1. The number of rotatable bonds is 13. The van der Waals surface area contributed by atoms with Crippen molar-refractivity contribution in [1.29, 1.82) is 5.26 Å². The van der Waals surface area contributed by atoms with Crippen LogP contribution in [0.2, 0.25) is 0 Å². The quantitative estimate of drug-likeness (QED) is 0.0928. The molecule has 0 amide bonds. The summed E-state index contributed by atoms with van der Waals surface area (Å²) >= 11 is 4.98. The lowest BCUT2D eigenvalue weighted by atomic mass is 10.00. The maximum absolute atomic E-state index is 11.5. The SMILES string of the molecule is CCCCC(CC)Cn1nc2c3cc(-c4ccc(N(c5ccccc5)c5ccccc5)cc4)sc3c3sc(-c4ccc(/C=C(/C#N)C(=O)O)s4)cc3c2n1. The first kappa shape index (κ1) is 35.4. The van der Waals surface area contributed by atoms with Gasteiger partial charge in [-0.2, -0.15) is 20.3 Å². The van der Waals surface area contributed by atoms with Crippen molar-refractivity contribution < 1.29 is 9.90 Å². The maximum Gasteiger partial charge on any atom is 0.346 e. The Bertz CT molecular complexity index is 2620. The molecule has 268 valence electrons. The summed E-state index contributed by atoms with van der Waals surface area (Å²) in [7, 11) is 0. The summed E-state index contributed by atoms with van der Waals surface area (Å²) in [6.07, 6.45) is 6.05. The molecule has 0 aliphatic carbocycles. The third-order valence-corrected chi connectivity index (χ3v) is 13.5. The maximum atomic E-state index is 11.5. The molecule has 8 aromatic rings. The standard InChI is InChI=1S/C44H37N5O2S3/c1-3-5-12-28(4-2)27-48-46-40-35-24-38(29-17-19-33(20-18-29)49(31-13-8-6-9-14-31)32-15-10-7-11-16-32)53-42(35)43-36(41(40)47-48)25-39(54-43)37-22-21-34(52-37)23-30(26-45)44(50)51/h6-11,13-25,28H,3-5,12,27H2,1-2H3,(H,50,51)/b30-23-. The first-order chi connectivity index (χ1) is 26.4. The van der Waals surface area contributed by atoms with Crippen molar-refractivity contribution in [1.82, 2.24) is 15.0 Å². The van der Waals surface area contributed by atoms with Gasteiger partial charge in [-0.15, -0.1) is 34.0 Å². The number of aromatic nitrogens is 3. The predicted molar refractivity (Wildman–Crippen MR) is 226 cm³/mol. The molecule has 0 radical (unpaired) electrons. The summed E-state index contributed by atoms with van der Waals surface area (Å²) in [4.78, 5) is 19.6. The molecule has 7 nitrogen and oxygen atoms in total. The average Bonchev–Trinajstić information content (AvgIpc) is 4.02. The van der Waals surface area contributed by atoms with E-state index in [1.165, 1.54) is 39.7 Å². The monoisotopic (exact) mass is 763 g/mol. The Labute approximate surface area is 325 Å². The summed E-state index contributed by atoms with van der Waals surface area (Å²) in [5.41, 5.74) is 5.95. The molecule has 54 heavy (non-hydrogen) atoms. The van der Waals surface area contributed by atoms with Crippen LogP contribution in [-0.4, -0.2) is 26.1 Å².